The fourth-order valence-corrected chi connectivity index (χ4v) is 4.88. The van der Waals surface area contributed by atoms with E-state index in [2.05, 4.69) is 4.98 Å². The summed E-state index contributed by atoms with van der Waals surface area (Å²) in [7, 11) is -3.58. The molecule has 0 spiro atoms. The van der Waals surface area contributed by atoms with Gasteiger partial charge < -0.3 is 8.98 Å². The monoisotopic (exact) mass is 468 g/mol. The first-order chi connectivity index (χ1) is 15.7. The molecule has 6 nitrogen and oxygen atoms in total. The zero-order valence-electron chi connectivity index (χ0n) is 17.7. The zero-order valence-corrected chi connectivity index (χ0v) is 18.5. The molecule has 5 aromatic rings. The molecule has 0 unspecified atom stereocenters. The van der Waals surface area contributed by atoms with E-state index in [1.165, 1.54) is 29.0 Å². The van der Waals surface area contributed by atoms with E-state index in [0.29, 0.717) is 33.7 Å². The van der Waals surface area contributed by atoms with Crippen LogP contribution in [0.15, 0.2) is 62.8 Å². The van der Waals surface area contributed by atoms with Gasteiger partial charge in [0.05, 0.1) is 17.0 Å². The van der Waals surface area contributed by atoms with Gasteiger partial charge in [-0.1, -0.05) is 6.92 Å². The summed E-state index contributed by atoms with van der Waals surface area (Å²) < 4.78 is 60.4. The van der Waals surface area contributed by atoms with Crippen molar-refractivity contribution in [1.82, 2.24) is 9.55 Å². The Bertz CT molecular complexity index is 1750. The molecule has 0 saturated carbocycles. The first-order valence-electron chi connectivity index (χ1n) is 10.2. The molecular weight excluding hydrogens is 450 g/mol. The number of aromatic nitrogens is 2. The summed E-state index contributed by atoms with van der Waals surface area (Å²) in [5.74, 6) is -1.10. The Morgan fingerprint density at radius 3 is 2.55 bits per heavy atom. The summed E-state index contributed by atoms with van der Waals surface area (Å²) in [6, 6.07) is 9.91. The summed E-state index contributed by atoms with van der Waals surface area (Å²) in [4.78, 5) is 17.1. The average Bonchev–Trinajstić information content (AvgIpc) is 3.08. The summed E-state index contributed by atoms with van der Waals surface area (Å²) in [5, 5.41) is 1.70. The highest BCUT2D eigenvalue weighted by atomic mass is 32.2. The van der Waals surface area contributed by atoms with Gasteiger partial charge in [-0.15, -0.1) is 0 Å². The molecule has 3 aromatic heterocycles. The molecule has 3 heterocycles. The minimum absolute atomic E-state index is 0.0439. The van der Waals surface area contributed by atoms with Crippen LogP contribution in [0.25, 0.3) is 32.9 Å². The fraction of sp³-hybridized carbons (Fsp3) is 0.167. The van der Waals surface area contributed by atoms with E-state index in [1.54, 1.807) is 18.2 Å². The van der Waals surface area contributed by atoms with Crippen LogP contribution in [0, 0.1) is 11.6 Å². The highest BCUT2D eigenvalue weighted by Crippen LogP contribution is 2.35. The van der Waals surface area contributed by atoms with Gasteiger partial charge in [0.1, 0.15) is 17.2 Å². The van der Waals surface area contributed by atoms with Gasteiger partial charge in [0.15, 0.2) is 9.84 Å². The number of fused-ring (bicyclic) bond motifs is 5. The summed E-state index contributed by atoms with van der Waals surface area (Å²) in [5.41, 5.74) is 0.446. The van der Waals surface area contributed by atoms with Crippen molar-refractivity contribution in [2.75, 3.05) is 6.26 Å². The van der Waals surface area contributed by atoms with E-state index in [1.807, 2.05) is 6.92 Å². The van der Waals surface area contributed by atoms with Gasteiger partial charge in [0, 0.05) is 34.2 Å². The maximum atomic E-state index is 14.8. The van der Waals surface area contributed by atoms with Gasteiger partial charge in [-0.05, 0) is 54.4 Å². The van der Waals surface area contributed by atoms with Crippen molar-refractivity contribution < 1.29 is 21.6 Å². The molecule has 0 radical (unpaired) electrons. The SMILES string of the molecule is CCc1cc2c3c4cccnc4oc(=O)c3n(Cc3cc(S(C)(=O)=O)ccc3F)c2cc1F. The van der Waals surface area contributed by atoms with Crippen LogP contribution in [0.2, 0.25) is 0 Å². The van der Waals surface area contributed by atoms with Gasteiger partial charge in [0.2, 0.25) is 5.71 Å². The number of aryl methyl sites for hydroxylation is 1. The third-order valence-corrected chi connectivity index (χ3v) is 6.92. The van der Waals surface area contributed by atoms with Crippen molar-refractivity contribution in [3.8, 4) is 0 Å². The van der Waals surface area contributed by atoms with Crippen LogP contribution in [0.5, 0.6) is 0 Å². The molecule has 0 amide bonds. The molecule has 0 saturated heterocycles. The van der Waals surface area contributed by atoms with Crippen LogP contribution in [-0.4, -0.2) is 24.2 Å². The van der Waals surface area contributed by atoms with Crippen molar-refractivity contribution in [2.45, 2.75) is 24.8 Å². The van der Waals surface area contributed by atoms with Crippen LogP contribution in [-0.2, 0) is 22.8 Å². The zero-order chi connectivity index (χ0) is 23.5. The smallest absolute Gasteiger partial charge is 0.362 e. The molecule has 168 valence electrons. The number of nitrogens with zero attached hydrogens (tertiary/aromatic N) is 2. The number of pyridine rings is 1. The Morgan fingerprint density at radius 2 is 1.82 bits per heavy atom. The lowest BCUT2D eigenvalue weighted by atomic mass is 10.1. The third kappa shape index (κ3) is 3.39. The standard InChI is InChI=1S/C24H18F2N2O4S/c1-3-13-10-17-20(11-19(13)26)28(12-14-9-15(33(2,30)31)6-7-18(14)25)22-21(17)16-5-4-8-27-23(16)32-24(22)29/h4-11H,3,12H2,1-2H3. The van der Waals surface area contributed by atoms with E-state index < -0.39 is 27.1 Å². The predicted octanol–water partition coefficient (Wildman–Crippen LogP) is 4.59. The molecule has 0 aliphatic heterocycles. The molecule has 0 bridgehead atoms. The van der Waals surface area contributed by atoms with Crippen LogP contribution in [0.1, 0.15) is 18.1 Å². The minimum Gasteiger partial charge on any atom is -0.402 e. The van der Waals surface area contributed by atoms with Crippen LogP contribution in [0.4, 0.5) is 8.78 Å². The van der Waals surface area contributed by atoms with Gasteiger partial charge in [-0.25, -0.2) is 27.0 Å². The highest BCUT2D eigenvalue weighted by molar-refractivity contribution is 7.90. The van der Waals surface area contributed by atoms with Crippen molar-refractivity contribution >= 4 is 42.7 Å². The predicted molar refractivity (Wildman–Crippen MR) is 121 cm³/mol. The Kier molecular flexibility index (Phi) is 4.82. The van der Waals surface area contributed by atoms with Crippen LogP contribution < -0.4 is 5.63 Å². The lowest BCUT2D eigenvalue weighted by molar-refractivity contribution is 0.552. The fourth-order valence-electron chi connectivity index (χ4n) is 4.21. The first kappa shape index (κ1) is 21.3. The molecule has 2 aromatic carbocycles. The number of sulfone groups is 1. The molecule has 5 rings (SSSR count). The second-order valence-electron chi connectivity index (χ2n) is 7.90. The second kappa shape index (κ2) is 7.48. The number of halogens is 2. The van der Waals surface area contributed by atoms with Crippen molar-refractivity contribution in [1.29, 1.82) is 0 Å². The normalized spacial score (nSPS) is 12.2. The quantitative estimate of drug-likeness (QED) is 0.361. The topological polar surface area (TPSA) is 82.2 Å². The Labute approximate surface area is 187 Å². The molecule has 0 aliphatic carbocycles. The summed E-state index contributed by atoms with van der Waals surface area (Å²) in [6.45, 7) is 1.63. The highest BCUT2D eigenvalue weighted by Gasteiger charge is 2.22. The molecule has 0 atom stereocenters. The minimum atomic E-state index is -3.58. The van der Waals surface area contributed by atoms with Gasteiger partial charge in [0.25, 0.3) is 0 Å². The van der Waals surface area contributed by atoms with E-state index >= 15 is 0 Å². The van der Waals surface area contributed by atoms with E-state index in [0.717, 1.165) is 12.3 Å². The first-order valence-corrected chi connectivity index (χ1v) is 12.1. The second-order valence-corrected chi connectivity index (χ2v) is 9.91. The Balaban J connectivity index is 1.91. The third-order valence-electron chi connectivity index (χ3n) is 5.81. The van der Waals surface area contributed by atoms with Gasteiger partial charge >= 0.3 is 5.63 Å². The van der Waals surface area contributed by atoms with E-state index in [4.69, 9.17) is 4.42 Å². The van der Waals surface area contributed by atoms with Crippen molar-refractivity contribution in [3.63, 3.8) is 0 Å². The molecule has 33 heavy (non-hydrogen) atoms. The van der Waals surface area contributed by atoms with E-state index in [9.17, 15) is 22.0 Å². The van der Waals surface area contributed by atoms with Crippen LogP contribution >= 0.6 is 0 Å². The number of rotatable bonds is 4. The summed E-state index contributed by atoms with van der Waals surface area (Å²) >= 11 is 0. The molecule has 0 N–H and O–H groups in total. The van der Waals surface area contributed by atoms with Crippen molar-refractivity contribution in [3.05, 3.63) is 81.8 Å². The average molecular weight is 468 g/mol. The largest absolute Gasteiger partial charge is 0.402 e. The molecular formula is C24H18F2N2O4S. The van der Waals surface area contributed by atoms with E-state index in [-0.39, 0.29) is 28.2 Å². The summed E-state index contributed by atoms with van der Waals surface area (Å²) in [6.07, 6.45) is 2.97. The number of benzene rings is 2. The van der Waals surface area contributed by atoms with Gasteiger partial charge in [-0.2, -0.15) is 0 Å². The Morgan fingerprint density at radius 1 is 1.03 bits per heavy atom. The van der Waals surface area contributed by atoms with Crippen LogP contribution in [0.3, 0.4) is 0 Å². The molecule has 0 aliphatic rings. The lowest BCUT2D eigenvalue weighted by Gasteiger charge is -2.10. The van der Waals surface area contributed by atoms with Gasteiger partial charge in [-0.3, -0.25) is 0 Å². The number of hydrogen-bond donors (Lipinski definition) is 0. The Hall–Kier alpha value is -3.59. The maximum Gasteiger partial charge on any atom is 0.362 e. The van der Waals surface area contributed by atoms with Crippen molar-refractivity contribution in [2.24, 2.45) is 0 Å². The molecule has 0 fully saturated rings. The lowest BCUT2D eigenvalue weighted by Crippen LogP contribution is -2.10. The maximum absolute atomic E-state index is 14.8. The number of hydrogen-bond acceptors (Lipinski definition) is 5. The molecule has 9 heteroatoms.